The van der Waals surface area contributed by atoms with Crippen molar-refractivity contribution in [3.05, 3.63) is 0 Å². The molecule has 0 N–H and O–H groups in total. The predicted octanol–water partition coefficient (Wildman–Crippen LogP) is 1.12. The van der Waals surface area contributed by atoms with Gasteiger partial charge in [0.2, 0.25) is 0 Å². The topological polar surface area (TPSA) is 12.5 Å². The molecule has 1 heterocycles. The third-order valence-corrected chi connectivity index (χ3v) is 2.73. The zero-order valence-corrected chi connectivity index (χ0v) is 6.93. The minimum atomic E-state index is -2.21. The van der Waals surface area contributed by atoms with Crippen LogP contribution in [0.1, 0.15) is 12.8 Å². The third-order valence-electron chi connectivity index (χ3n) is 2.73. The summed E-state index contributed by atoms with van der Waals surface area (Å²) in [5, 5.41) is 0. The number of nitrogens with zero attached hydrogens (tertiary/aromatic N) is 1. The molecule has 2 nitrogen and oxygen atoms in total. The molecule has 4 heteroatoms. The van der Waals surface area contributed by atoms with Gasteiger partial charge in [-0.25, -0.2) is 8.78 Å². The highest BCUT2D eigenvalue weighted by Crippen LogP contribution is 2.43. The van der Waals surface area contributed by atoms with Gasteiger partial charge in [0.1, 0.15) is 0 Å². The highest BCUT2D eigenvalue weighted by molar-refractivity contribution is 5.05. The van der Waals surface area contributed by atoms with E-state index in [-0.39, 0.29) is 12.1 Å². The molecule has 0 aromatic heterocycles. The molecule has 12 heavy (non-hydrogen) atoms. The molecule has 2 rings (SSSR count). The minimum absolute atomic E-state index is 0.00861. The largest absolute Gasteiger partial charge is 0.378 e. The second-order valence-corrected chi connectivity index (χ2v) is 3.61. The van der Waals surface area contributed by atoms with E-state index in [1.54, 1.807) is 0 Å². The van der Waals surface area contributed by atoms with Crippen LogP contribution in [0.5, 0.6) is 0 Å². The van der Waals surface area contributed by atoms with Gasteiger partial charge in [-0.1, -0.05) is 0 Å². The Bertz CT molecular complexity index is 170. The first-order chi connectivity index (χ1) is 5.73. The first kappa shape index (κ1) is 8.38. The van der Waals surface area contributed by atoms with E-state index in [2.05, 4.69) is 0 Å². The summed E-state index contributed by atoms with van der Waals surface area (Å²) >= 11 is 0. The first-order valence-electron chi connectivity index (χ1n) is 4.34. The second kappa shape index (κ2) is 2.92. The van der Waals surface area contributed by atoms with Gasteiger partial charge >= 0.3 is 0 Å². The Hall–Kier alpha value is -0.220. The van der Waals surface area contributed by atoms with Crippen LogP contribution >= 0.6 is 0 Å². The van der Waals surface area contributed by atoms with Gasteiger partial charge in [0.05, 0.1) is 19.8 Å². The lowest BCUT2D eigenvalue weighted by Gasteiger charge is -2.35. The Morgan fingerprint density at radius 2 is 2.17 bits per heavy atom. The summed E-state index contributed by atoms with van der Waals surface area (Å²) < 4.78 is 29.5. The molecule has 0 aromatic carbocycles. The lowest BCUT2D eigenvalue weighted by atomic mass is 10.2. The summed E-state index contributed by atoms with van der Waals surface area (Å²) in [6.45, 7) is 1.85. The molecule has 0 bridgehead atoms. The molecular weight excluding hydrogens is 164 g/mol. The monoisotopic (exact) mass is 177 g/mol. The van der Waals surface area contributed by atoms with Crippen molar-refractivity contribution in [1.29, 1.82) is 0 Å². The summed E-state index contributed by atoms with van der Waals surface area (Å²) in [5.74, 6) is 0. The fourth-order valence-corrected chi connectivity index (χ4v) is 1.82. The van der Waals surface area contributed by atoms with Crippen LogP contribution in [0.4, 0.5) is 8.78 Å². The number of halogens is 2. The smallest absolute Gasteiger partial charge is 0.251 e. The van der Waals surface area contributed by atoms with Crippen LogP contribution in [-0.4, -0.2) is 43.2 Å². The van der Waals surface area contributed by atoms with Crippen molar-refractivity contribution in [3.63, 3.8) is 0 Å². The SMILES string of the molecule is FC(F)CN1CCOCC12CC2. The molecule has 1 saturated heterocycles. The van der Waals surface area contributed by atoms with Crippen LogP contribution in [-0.2, 0) is 4.74 Å². The van der Waals surface area contributed by atoms with Gasteiger partial charge in [-0.3, -0.25) is 4.90 Å². The van der Waals surface area contributed by atoms with Crippen molar-refractivity contribution in [3.8, 4) is 0 Å². The molecule has 2 aliphatic rings. The molecule has 0 atom stereocenters. The molecule has 1 aliphatic heterocycles. The van der Waals surface area contributed by atoms with Crippen LogP contribution in [0.25, 0.3) is 0 Å². The molecule has 0 unspecified atom stereocenters. The maximum atomic E-state index is 12.1. The number of rotatable bonds is 2. The average Bonchev–Trinajstić information content (AvgIpc) is 2.75. The van der Waals surface area contributed by atoms with Crippen molar-refractivity contribution in [1.82, 2.24) is 4.90 Å². The van der Waals surface area contributed by atoms with Crippen molar-refractivity contribution in [2.75, 3.05) is 26.3 Å². The molecule has 0 aromatic rings. The predicted molar refractivity (Wildman–Crippen MR) is 40.4 cm³/mol. The Labute approximate surface area is 70.5 Å². The van der Waals surface area contributed by atoms with Crippen LogP contribution < -0.4 is 0 Å². The van der Waals surface area contributed by atoms with Gasteiger partial charge in [0, 0.05) is 12.1 Å². The van der Waals surface area contributed by atoms with E-state index in [9.17, 15) is 8.78 Å². The second-order valence-electron chi connectivity index (χ2n) is 3.61. The molecule has 2 fully saturated rings. The van der Waals surface area contributed by atoms with E-state index in [1.165, 1.54) is 0 Å². The third kappa shape index (κ3) is 1.45. The van der Waals surface area contributed by atoms with Gasteiger partial charge in [-0.2, -0.15) is 0 Å². The molecule has 1 aliphatic carbocycles. The average molecular weight is 177 g/mol. The van der Waals surface area contributed by atoms with Gasteiger partial charge in [0.25, 0.3) is 6.43 Å². The first-order valence-corrected chi connectivity index (χ1v) is 4.34. The minimum Gasteiger partial charge on any atom is -0.378 e. The molecular formula is C8H13F2NO. The van der Waals surface area contributed by atoms with Crippen molar-refractivity contribution >= 4 is 0 Å². The highest BCUT2D eigenvalue weighted by Gasteiger charge is 2.50. The Kier molecular flexibility index (Phi) is 2.04. The molecule has 70 valence electrons. The molecule has 0 radical (unpaired) electrons. The van der Waals surface area contributed by atoms with Crippen molar-refractivity contribution < 1.29 is 13.5 Å². The quantitative estimate of drug-likeness (QED) is 0.626. The summed E-state index contributed by atoms with van der Waals surface area (Å²) in [6, 6.07) is 0. The fraction of sp³-hybridized carbons (Fsp3) is 1.00. The number of morpholine rings is 1. The number of hydrogen-bond acceptors (Lipinski definition) is 2. The van der Waals surface area contributed by atoms with Crippen molar-refractivity contribution in [2.24, 2.45) is 0 Å². The molecule has 0 amide bonds. The van der Waals surface area contributed by atoms with Gasteiger partial charge in [-0.15, -0.1) is 0 Å². The zero-order valence-electron chi connectivity index (χ0n) is 6.93. The van der Waals surface area contributed by atoms with Gasteiger partial charge in [-0.05, 0) is 12.8 Å². The normalized spacial score (nSPS) is 28.2. The van der Waals surface area contributed by atoms with Crippen LogP contribution in [0.2, 0.25) is 0 Å². The number of hydrogen-bond donors (Lipinski definition) is 0. The highest BCUT2D eigenvalue weighted by atomic mass is 19.3. The lowest BCUT2D eigenvalue weighted by molar-refractivity contribution is -0.0439. The van der Waals surface area contributed by atoms with E-state index in [0.29, 0.717) is 19.8 Å². The van der Waals surface area contributed by atoms with E-state index in [4.69, 9.17) is 4.74 Å². The van der Waals surface area contributed by atoms with E-state index in [1.807, 2.05) is 4.90 Å². The van der Waals surface area contributed by atoms with Crippen LogP contribution in [0.15, 0.2) is 0 Å². The molecule has 1 saturated carbocycles. The lowest BCUT2D eigenvalue weighted by Crippen LogP contribution is -2.49. The van der Waals surface area contributed by atoms with Crippen molar-refractivity contribution in [2.45, 2.75) is 24.8 Å². The Morgan fingerprint density at radius 1 is 1.42 bits per heavy atom. The zero-order chi connectivity index (χ0) is 8.60. The standard InChI is InChI=1S/C8H13F2NO/c9-7(10)5-11-3-4-12-6-8(11)1-2-8/h7H,1-6H2. The summed E-state index contributed by atoms with van der Waals surface area (Å²) in [5.41, 5.74) is 0.00861. The molecule has 1 spiro atoms. The fourth-order valence-electron chi connectivity index (χ4n) is 1.82. The summed E-state index contributed by atoms with van der Waals surface area (Å²) in [6.07, 6.45) is -0.153. The van der Waals surface area contributed by atoms with Gasteiger partial charge < -0.3 is 4.74 Å². The maximum absolute atomic E-state index is 12.1. The van der Waals surface area contributed by atoms with Crippen LogP contribution in [0.3, 0.4) is 0 Å². The van der Waals surface area contributed by atoms with Gasteiger partial charge in [0.15, 0.2) is 0 Å². The van der Waals surface area contributed by atoms with E-state index in [0.717, 1.165) is 12.8 Å². The number of alkyl halides is 2. The summed E-state index contributed by atoms with van der Waals surface area (Å²) in [4.78, 5) is 1.89. The Balaban J connectivity index is 1.93. The number of ether oxygens (including phenoxy) is 1. The van der Waals surface area contributed by atoms with E-state index < -0.39 is 6.43 Å². The van der Waals surface area contributed by atoms with E-state index >= 15 is 0 Å². The summed E-state index contributed by atoms with van der Waals surface area (Å²) in [7, 11) is 0. The van der Waals surface area contributed by atoms with Crippen LogP contribution in [0, 0.1) is 0 Å². The maximum Gasteiger partial charge on any atom is 0.251 e. The Morgan fingerprint density at radius 3 is 2.75 bits per heavy atom.